The predicted molar refractivity (Wildman–Crippen MR) is 48.1 cm³/mol. The molecule has 1 aromatic heterocycles. The number of aromatic nitrogens is 2. The van der Waals surface area contributed by atoms with Gasteiger partial charge in [-0.25, -0.2) is 4.98 Å². The van der Waals surface area contributed by atoms with Crippen LogP contribution >= 0.6 is 35.1 Å². The van der Waals surface area contributed by atoms with E-state index in [2.05, 4.69) is 16.3 Å². The Morgan fingerprint density at radius 1 is 1.60 bits per heavy atom. The van der Waals surface area contributed by atoms with Gasteiger partial charge in [-0.15, -0.1) is 0 Å². The van der Waals surface area contributed by atoms with E-state index in [0.29, 0.717) is 0 Å². The Labute approximate surface area is 73.0 Å². The molecule has 0 unspecified atom stereocenters. The SMILES string of the molecule is CCSc1nsc(SC)n1. The van der Waals surface area contributed by atoms with E-state index in [-0.39, 0.29) is 0 Å². The smallest absolute Gasteiger partial charge is 0.201 e. The number of hydrogen-bond donors (Lipinski definition) is 0. The van der Waals surface area contributed by atoms with Crippen molar-refractivity contribution in [2.45, 2.75) is 16.4 Å². The average Bonchev–Trinajstić information content (AvgIpc) is 2.37. The standard InChI is InChI=1S/C5H8N2S3/c1-3-9-4-6-5(8-2)10-7-4/h3H2,1-2H3. The van der Waals surface area contributed by atoms with E-state index in [4.69, 9.17) is 0 Å². The monoisotopic (exact) mass is 192 g/mol. The Morgan fingerprint density at radius 2 is 2.40 bits per heavy atom. The summed E-state index contributed by atoms with van der Waals surface area (Å²) in [5.41, 5.74) is 0. The third kappa shape index (κ3) is 2.14. The second-order valence-corrected chi connectivity index (χ2v) is 4.52. The van der Waals surface area contributed by atoms with Crippen molar-refractivity contribution in [3.05, 3.63) is 0 Å². The molecule has 1 aromatic rings. The molecule has 10 heavy (non-hydrogen) atoms. The molecule has 0 radical (unpaired) electrons. The molecule has 0 N–H and O–H groups in total. The van der Waals surface area contributed by atoms with Crippen LogP contribution in [0.5, 0.6) is 0 Å². The minimum Gasteiger partial charge on any atom is -0.203 e. The molecule has 0 aliphatic carbocycles. The highest BCUT2D eigenvalue weighted by molar-refractivity contribution is 8.00. The summed E-state index contributed by atoms with van der Waals surface area (Å²) < 4.78 is 5.20. The molecule has 1 rings (SSSR count). The molecule has 5 heteroatoms. The highest BCUT2D eigenvalue weighted by atomic mass is 32.2. The van der Waals surface area contributed by atoms with Gasteiger partial charge >= 0.3 is 0 Å². The van der Waals surface area contributed by atoms with Gasteiger partial charge in [-0.3, -0.25) is 0 Å². The maximum Gasteiger partial charge on any atom is 0.201 e. The quantitative estimate of drug-likeness (QED) is 0.687. The predicted octanol–water partition coefficient (Wildman–Crippen LogP) is 2.37. The number of nitrogens with zero attached hydrogens (tertiary/aromatic N) is 2. The largest absolute Gasteiger partial charge is 0.203 e. The van der Waals surface area contributed by atoms with Crippen molar-refractivity contribution in [1.29, 1.82) is 0 Å². The molecule has 1 heterocycles. The van der Waals surface area contributed by atoms with Crippen LogP contribution in [0.1, 0.15) is 6.92 Å². The molecule has 0 aromatic carbocycles. The van der Waals surface area contributed by atoms with Crippen molar-refractivity contribution < 1.29 is 0 Å². The molecule has 0 atom stereocenters. The highest BCUT2D eigenvalue weighted by Crippen LogP contribution is 2.21. The summed E-state index contributed by atoms with van der Waals surface area (Å²) in [7, 11) is 0. The van der Waals surface area contributed by atoms with Crippen LogP contribution in [-0.2, 0) is 0 Å². The van der Waals surface area contributed by atoms with E-state index < -0.39 is 0 Å². The average molecular weight is 192 g/mol. The zero-order valence-electron chi connectivity index (χ0n) is 5.83. The molecular formula is C5H8N2S3. The first-order valence-electron chi connectivity index (χ1n) is 2.87. The molecule has 0 aliphatic heterocycles. The number of thioether (sulfide) groups is 2. The van der Waals surface area contributed by atoms with Gasteiger partial charge in [-0.1, -0.05) is 30.4 Å². The fourth-order valence-electron chi connectivity index (χ4n) is 0.468. The highest BCUT2D eigenvalue weighted by Gasteiger charge is 2.00. The van der Waals surface area contributed by atoms with Crippen molar-refractivity contribution >= 4 is 35.1 Å². The second-order valence-electron chi connectivity index (χ2n) is 1.48. The summed E-state index contributed by atoms with van der Waals surface area (Å²) >= 11 is 4.80. The lowest BCUT2D eigenvalue weighted by Gasteiger charge is -1.84. The van der Waals surface area contributed by atoms with E-state index >= 15 is 0 Å². The molecule has 56 valence electrons. The van der Waals surface area contributed by atoms with Crippen LogP contribution in [0.15, 0.2) is 9.50 Å². The maximum absolute atomic E-state index is 4.25. The van der Waals surface area contributed by atoms with Crippen molar-refractivity contribution in [3.8, 4) is 0 Å². The lowest BCUT2D eigenvalue weighted by Crippen LogP contribution is -1.73. The molecular weight excluding hydrogens is 184 g/mol. The van der Waals surface area contributed by atoms with Gasteiger partial charge in [-0.2, -0.15) is 4.37 Å². The van der Waals surface area contributed by atoms with Gasteiger partial charge in [0.05, 0.1) is 0 Å². The third-order valence-corrected chi connectivity index (χ3v) is 3.36. The van der Waals surface area contributed by atoms with Gasteiger partial charge in [-0.05, 0) is 23.5 Å². The summed E-state index contributed by atoms with van der Waals surface area (Å²) in [4.78, 5) is 4.25. The third-order valence-electron chi connectivity index (χ3n) is 0.837. The molecule has 2 nitrogen and oxygen atoms in total. The first-order valence-corrected chi connectivity index (χ1v) is 5.85. The van der Waals surface area contributed by atoms with Crippen LogP contribution in [0.25, 0.3) is 0 Å². The van der Waals surface area contributed by atoms with Gasteiger partial charge in [0.25, 0.3) is 0 Å². The molecule has 0 aliphatic rings. The molecule has 0 saturated carbocycles. The van der Waals surface area contributed by atoms with E-state index in [0.717, 1.165) is 15.2 Å². The number of hydrogen-bond acceptors (Lipinski definition) is 5. The van der Waals surface area contributed by atoms with Crippen molar-refractivity contribution in [3.63, 3.8) is 0 Å². The van der Waals surface area contributed by atoms with Gasteiger partial charge in [0.1, 0.15) is 0 Å². The fourth-order valence-corrected chi connectivity index (χ4v) is 2.23. The summed E-state index contributed by atoms with van der Waals surface area (Å²) in [5.74, 6) is 1.05. The van der Waals surface area contributed by atoms with E-state index in [1.807, 2.05) is 6.26 Å². The van der Waals surface area contributed by atoms with Crippen molar-refractivity contribution in [1.82, 2.24) is 9.36 Å². The Bertz CT molecular complexity index is 199. The normalized spacial score (nSPS) is 10.2. The van der Waals surface area contributed by atoms with Crippen LogP contribution in [0.2, 0.25) is 0 Å². The molecule has 0 spiro atoms. The van der Waals surface area contributed by atoms with Crippen molar-refractivity contribution in [2.24, 2.45) is 0 Å². The summed E-state index contributed by atoms with van der Waals surface area (Å²) in [6.07, 6.45) is 2.01. The van der Waals surface area contributed by atoms with E-state index in [1.165, 1.54) is 11.5 Å². The Hall–Kier alpha value is 0.260. The first-order chi connectivity index (χ1) is 4.86. The summed E-state index contributed by atoms with van der Waals surface area (Å²) in [6, 6.07) is 0. The summed E-state index contributed by atoms with van der Waals surface area (Å²) in [5, 5.41) is 0.914. The first kappa shape index (κ1) is 8.36. The summed E-state index contributed by atoms with van der Waals surface area (Å²) in [6.45, 7) is 2.10. The van der Waals surface area contributed by atoms with Crippen molar-refractivity contribution in [2.75, 3.05) is 12.0 Å². The fraction of sp³-hybridized carbons (Fsp3) is 0.600. The topological polar surface area (TPSA) is 25.8 Å². The van der Waals surface area contributed by atoms with E-state index in [1.54, 1.807) is 23.5 Å². The second kappa shape index (κ2) is 4.20. The maximum atomic E-state index is 4.25. The molecule has 0 bridgehead atoms. The van der Waals surface area contributed by atoms with Gasteiger partial charge in [0, 0.05) is 0 Å². The lowest BCUT2D eigenvalue weighted by molar-refractivity contribution is 1.02. The van der Waals surface area contributed by atoms with Crippen LogP contribution in [0.4, 0.5) is 0 Å². The molecule has 0 amide bonds. The lowest BCUT2D eigenvalue weighted by atomic mass is 11.0. The Morgan fingerprint density at radius 3 is 2.90 bits per heavy atom. The van der Waals surface area contributed by atoms with Gasteiger partial charge in [0.2, 0.25) is 5.16 Å². The molecule has 0 fully saturated rings. The molecule has 0 saturated heterocycles. The minimum absolute atomic E-state index is 0.914. The van der Waals surface area contributed by atoms with Crippen LogP contribution in [0, 0.1) is 0 Å². The number of rotatable bonds is 3. The van der Waals surface area contributed by atoms with Crippen LogP contribution in [-0.4, -0.2) is 21.4 Å². The van der Waals surface area contributed by atoms with Gasteiger partial charge < -0.3 is 0 Å². The van der Waals surface area contributed by atoms with Crippen LogP contribution in [0.3, 0.4) is 0 Å². The zero-order valence-corrected chi connectivity index (χ0v) is 8.28. The zero-order chi connectivity index (χ0) is 7.40. The Kier molecular flexibility index (Phi) is 3.51. The Balaban J connectivity index is 2.59. The minimum atomic E-state index is 0.914. The van der Waals surface area contributed by atoms with Gasteiger partial charge in [0.15, 0.2) is 4.34 Å². The van der Waals surface area contributed by atoms with E-state index in [9.17, 15) is 0 Å². The van der Waals surface area contributed by atoms with Crippen LogP contribution < -0.4 is 0 Å².